The van der Waals surface area contributed by atoms with Crippen LogP contribution in [0.3, 0.4) is 0 Å². The number of fused-ring (bicyclic) bond motifs is 1. The van der Waals surface area contributed by atoms with Gasteiger partial charge in [0.05, 0.1) is 23.7 Å². The number of carbonyl (C=O) groups is 2. The average Bonchev–Trinajstić information content (AvgIpc) is 2.87. The molecule has 0 atom stereocenters. The van der Waals surface area contributed by atoms with E-state index in [9.17, 15) is 9.59 Å². The van der Waals surface area contributed by atoms with Crippen molar-refractivity contribution in [3.8, 4) is 0 Å². The zero-order chi connectivity index (χ0) is 24.8. The van der Waals surface area contributed by atoms with E-state index in [1.54, 1.807) is 17.0 Å². The fourth-order valence-corrected chi connectivity index (χ4v) is 4.88. The molecule has 0 bridgehead atoms. The monoisotopic (exact) mass is 488 g/mol. The van der Waals surface area contributed by atoms with Gasteiger partial charge in [0.25, 0.3) is 11.8 Å². The topological polar surface area (TPSA) is 67.9 Å². The van der Waals surface area contributed by atoms with Gasteiger partial charge in [-0.1, -0.05) is 71.9 Å². The fourth-order valence-electron chi connectivity index (χ4n) is 3.84. The van der Waals surface area contributed by atoms with Gasteiger partial charge in [-0.05, 0) is 42.3 Å². The summed E-state index contributed by atoms with van der Waals surface area (Å²) in [6.45, 7) is 2.65. The van der Waals surface area contributed by atoms with E-state index in [1.807, 2.05) is 67.6 Å². The molecule has 1 heterocycles. The van der Waals surface area contributed by atoms with Crippen LogP contribution in [0.2, 0.25) is 0 Å². The molecule has 0 fully saturated rings. The minimum Gasteiger partial charge on any atom is -0.354 e. The van der Waals surface area contributed by atoms with Crippen molar-refractivity contribution >= 4 is 35.3 Å². The summed E-state index contributed by atoms with van der Waals surface area (Å²) in [5, 5.41) is 2.82. The van der Waals surface area contributed by atoms with Crippen LogP contribution in [0.25, 0.3) is 6.08 Å². The van der Waals surface area contributed by atoms with E-state index in [0.717, 1.165) is 27.3 Å². The Bertz CT molecular complexity index is 1240. The second-order valence-corrected chi connectivity index (χ2v) is 9.28. The molecule has 4 rings (SSSR count). The van der Waals surface area contributed by atoms with E-state index in [1.165, 1.54) is 26.0 Å². The Labute approximate surface area is 209 Å². The number of benzene rings is 3. The fraction of sp³-hybridized carbons (Fsp3) is 0.214. The van der Waals surface area contributed by atoms with E-state index >= 15 is 0 Å². The third-order valence-electron chi connectivity index (χ3n) is 5.66. The number of anilines is 1. The van der Waals surface area contributed by atoms with Gasteiger partial charge in [0, 0.05) is 24.7 Å². The molecule has 6 nitrogen and oxygen atoms in total. The Balaban J connectivity index is 1.68. The molecule has 0 aromatic heterocycles. The maximum absolute atomic E-state index is 13.7. The van der Waals surface area contributed by atoms with Gasteiger partial charge in [-0.15, -0.1) is 0 Å². The first kappa shape index (κ1) is 24.7. The molecule has 0 aliphatic carbocycles. The largest absolute Gasteiger partial charge is 0.354 e. The zero-order valence-electron chi connectivity index (χ0n) is 20.0. The van der Waals surface area contributed by atoms with E-state index in [2.05, 4.69) is 11.4 Å². The lowest BCUT2D eigenvalue weighted by atomic mass is 10.1. The number of ether oxygens (including phenoxy) is 2. The van der Waals surface area contributed by atoms with Gasteiger partial charge in [-0.25, -0.2) is 0 Å². The maximum atomic E-state index is 13.7. The van der Waals surface area contributed by atoms with Gasteiger partial charge in [-0.3, -0.25) is 9.59 Å². The number of hydrogen-bond acceptors (Lipinski definition) is 5. The van der Waals surface area contributed by atoms with Crippen molar-refractivity contribution in [3.63, 3.8) is 0 Å². The Morgan fingerprint density at radius 1 is 1.03 bits per heavy atom. The van der Waals surface area contributed by atoms with Gasteiger partial charge in [-0.2, -0.15) is 0 Å². The summed E-state index contributed by atoms with van der Waals surface area (Å²) in [6, 6.07) is 23.3. The van der Waals surface area contributed by atoms with Gasteiger partial charge in [0.15, 0.2) is 6.29 Å². The number of aryl methyl sites for hydroxylation is 1. The zero-order valence-corrected chi connectivity index (χ0v) is 20.8. The first-order valence-electron chi connectivity index (χ1n) is 11.3. The lowest BCUT2D eigenvalue weighted by Crippen LogP contribution is -2.35. The van der Waals surface area contributed by atoms with E-state index in [0.29, 0.717) is 17.0 Å². The van der Waals surface area contributed by atoms with Gasteiger partial charge >= 0.3 is 0 Å². The highest BCUT2D eigenvalue weighted by molar-refractivity contribution is 8.04. The van der Waals surface area contributed by atoms with Crippen molar-refractivity contribution in [3.05, 3.63) is 100.0 Å². The molecule has 0 saturated carbocycles. The number of nitrogens with zero attached hydrogens (tertiary/aromatic N) is 1. The molecule has 0 radical (unpaired) electrons. The van der Waals surface area contributed by atoms with Crippen LogP contribution in [0, 0.1) is 6.92 Å². The smallest absolute Gasteiger partial charge is 0.265 e. The predicted molar refractivity (Wildman–Crippen MR) is 139 cm³/mol. The van der Waals surface area contributed by atoms with Crippen LogP contribution in [-0.4, -0.2) is 38.9 Å². The molecule has 2 amide bonds. The SMILES string of the molecule is COC(CNC(=O)c1ccc2c(c1)N(Cc1cccc(C)c1)C(=O)C(=Cc1ccccc1)S2)OC. The number of hydrogen-bond donors (Lipinski definition) is 1. The Morgan fingerprint density at radius 2 is 1.80 bits per heavy atom. The van der Waals surface area contributed by atoms with Crippen molar-refractivity contribution in [1.82, 2.24) is 5.32 Å². The summed E-state index contributed by atoms with van der Waals surface area (Å²) in [5.41, 5.74) is 4.29. The number of nitrogens with one attached hydrogen (secondary N) is 1. The van der Waals surface area contributed by atoms with Crippen LogP contribution in [-0.2, 0) is 20.8 Å². The quantitative estimate of drug-likeness (QED) is 0.356. The Kier molecular flexibility index (Phi) is 8.02. The number of amides is 2. The second kappa shape index (κ2) is 11.4. The highest BCUT2D eigenvalue weighted by Crippen LogP contribution is 2.43. The molecule has 0 saturated heterocycles. The molecule has 180 valence electrons. The molecule has 3 aromatic carbocycles. The van der Waals surface area contributed by atoms with Crippen LogP contribution < -0.4 is 10.2 Å². The number of thioether (sulfide) groups is 1. The van der Waals surface area contributed by atoms with Crippen molar-refractivity contribution in [1.29, 1.82) is 0 Å². The Morgan fingerprint density at radius 3 is 2.51 bits per heavy atom. The first-order valence-corrected chi connectivity index (χ1v) is 12.1. The summed E-state index contributed by atoms with van der Waals surface area (Å²) in [5.74, 6) is -0.352. The number of rotatable bonds is 8. The minimum atomic E-state index is -0.530. The highest BCUT2D eigenvalue weighted by Gasteiger charge is 2.30. The van der Waals surface area contributed by atoms with E-state index in [4.69, 9.17) is 9.47 Å². The minimum absolute atomic E-state index is 0.0933. The van der Waals surface area contributed by atoms with Crippen molar-refractivity contribution in [2.75, 3.05) is 25.7 Å². The predicted octanol–water partition coefficient (Wildman–Crippen LogP) is 5.02. The number of methoxy groups -OCH3 is 2. The van der Waals surface area contributed by atoms with Crippen LogP contribution in [0.4, 0.5) is 5.69 Å². The van der Waals surface area contributed by atoms with Crippen molar-refractivity contribution < 1.29 is 19.1 Å². The highest BCUT2D eigenvalue weighted by atomic mass is 32.2. The normalized spacial score (nSPS) is 14.3. The molecule has 35 heavy (non-hydrogen) atoms. The first-order chi connectivity index (χ1) is 17.0. The van der Waals surface area contributed by atoms with E-state index < -0.39 is 6.29 Å². The second-order valence-electron chi connectivity index (χ2n) is 8.20. The van der Waals surface area contributed by atoms with Crippen LogP contribution >= 0.6 is 11.8 Å². The van der Waals surface area contributed by atoms with E-state index in [-0.39, 0.29) is 18.4 Å². The van der Waals surface area contributed by atoms with Crippen LogP contribution in [0.1, 0.15) is 27.0 Å². The molecule has 1 aliphatic rings. The summed E-state index contributed by atoms with van der Waals surface area (Å²) in [4.78, 5) is 29.8. The van der Waals surface area contributed by atoms with Gasteiger partial charge < -0.3 is 19.7 Å². The van der Waals surface area contributed by atoms with Gasteiger partial charge in [0.2, 0.25) is 0 Å². The molecule has 1 N–H and O–H groups in total. The molecule has 3 aromatic rings. The summed E-state index contributed by atoms with van der Waals surface area (Å²) in [7, 11) is 3.04. The molecule has 0 spiro atoms. The van der Waals surface area contributed by atoms with Crippen molar-refractivity contribution in [2.45, 2.75) is 24.7 Å². The van der Waals surface area contributed by atoms with Crippen LogP contribution in [0.5, 0.6) is 0 Å². The summed E-state index contributed by atoms with van der Waals surface area (Å²) < 4.78 is 10.3. The summed E-state index contributed by atoms with van der Waals surface area (Å²) >= 11 is 1.42. The molecule has 7 heteroatoms. The molecular weight excluding hydrogens is 460 g/mol. The standard InChI is InChI=1S/C28H28N2O4S/c1-19-8-7-11-21(14-19)18-30-23-16-22(27(31)29-17-26(33-2)34-3)12-13-24(23)35-25(28(30)32)15-20-9-5-4-6-10-20/h4-16,26H,17-18H2,1-3H3,(H,29,31). The lowest BCUT2D eigenvalue weighted by molar-refractivity contribution is -0.114. The molecular formula is C28H28N2O4S. The summed E-state index contributed by atoms with van der Waals surface area (Å²) in [6.07, 6.45) is 1.38. The molecule has 1 aliphatic heterocycles. The molecule has 0 unspecified atom stereocenters. The van der Waals surface area contributed by atoms with Crippen LogP contribution in [0.15, 0.2) is 82.6 Å². The lowest BCUT2D eigenvalue weighted by Gasteiger charge is -2.31. The van der Waals surface area contributed by atoms with Crippen molar-refractivity contribution in [2.24, 2.45) is 0 Å². The third kappa shape index (κ3) is 6.00. The maximum Gasteiger partial charge on any atom is 0.265 e. The van der Waals surface area contributed by atoms with Gasteiger partial charge in [0.1, 0.15) is 0 Å². The number of carbonyl (C=O) groups excluding carboxylic acids is 2. The third-order valence-corrected chi connectivity index (χ3v) is 6.74. The average molecular weight is 489 g/mol. The Hall–Kier alpha value is -3.39.